The summed E-state index contributed by atoms with van der Waals surface area (Å²) in [6.07, 6.45) is 0.0316. The minimum absolute atomic E-state index is 0.0158. The quantitative estimate of drug-likeness (QED) is 0.524. The van der Waals surface area contributed by atoms with Crippen molar-refractivity contribution < 1.29 is 19.1 Å². The van der Waals surface area contributed by atoms with Crippen LogP contribution in [-0.4, -0.2) is 25.2 Å². The zero-order valence-corrected chi connectivity index (χ0v) is 9.46. The van der Waals surface area contributed by atoms with Gasteiger partial charge in [-0.25, -0.2) is 0 Å². The van der Waals surface area contributed by atoms with E-state index in [1.807, 2.05) is 0 Å². The van der Waals surface area contributed by atoms with E-state index >= 15 is 0 Å². The molecular weight excluding hydrogens is 208 g/mol. The second kappa shape index (κ2) is 9.61. The molecule has 0 saturated heterocycles. The summed E-state index contributed by atoms with van der Waals surface area (Å²) < 4.78 is 9.31. The molecule has 0 radical (unpaired) electrons. The highest BCUT2D eigenvalue weighted by molar-refractivity contribution is 5.73. The van der Waals surface area contributed by atoms with Gasteiger partial charge >= 0.3 is 11.9 Å². The van der Waals surface area contributed by atoms with E-state index < -0.39 is 0 Å². The van der Waals surface area contributed by atoms with Crippen molar-refractivity contribution in [3.63, 3.8) is 0 Å². The Bertz CT molecular complexity index is 313. The number of hydrogen-bond donors (Lipinski definition) is 0. The Kier molecular flexibility index (Phi) is 8.44. The second-order valence-electron chi connectivity index (χ2n) is 2.57. The lowest BCUT2D eigenvalue weighted by Gasteiger charge is -1.94. The average molecular weight is 222 g/mol. The topological polar surface area (TPSA) is 52.6 Å². The lowest BCUT2D eigenvalue weighted by molar-refractivity contribution is -0.142. The van der Waals surface area contributed by atoms with E-state index in [2.05, 4.69) is 33.2 Å². The number of esters is 2. The molecule has 4 nitrogen and oxygen atoms in total. The van der Waals surface area contributed by atoms with E-state index in [-0.39, 0.29) is 24.8 Å². The van der Waals surface area contributed by atoms with Gasteiger partial charge in [-0.1, -0.05) is 11.8 Å². The Morgan fingerprint density at radius 3 is 1.56 bits per heavy atom. The molecular formula is C12H14O4. The molecule has 4 heteroatoms. The van der Waals surface area contributed by atoms with Crippen LogP contribution in [0.25, 0.3) is 0 Å². The van der Waals surface area contributed by atoms with Crippen molar-refractivity contribution in [1.29, 1.82) is 0 Å². The first-order valence-corrected chi connectivity index (χ1v) is 4.97. The molecule has 0 fully saturated rings. The SMILES string of the molecule is CCOC(=O)CC#CC#CCC(=O)OCC. The fraction of sp³-hybridized carbons (Fsp3) is 0.500. The summed E-state index contributed by atoms with van der Waals surface area (Å²) in [4.78, 5) is 21.6. The van der Waals surface area contributed by atoms with Crippen LogP contribution in [-0.2, 0) is 19.1 Å². The maximum Gasteiger partial charge on any atom is 0.317 e. The Labute approximate surface area is 95.3 Å². The molecule has 0 aliphatic carbocycles. The molecule has 0 spiro atoms. The Hall–Kier alpha value is -1.94. The molecule has 0 heterocycles. The highest BCUT2D eigenvalue weighted by Crippen LogP contribution is 1.84. The normalized spacial score (nSPS) is 7.88. The zero-order valence-electron chi connectivity index (χ0n) is 9.46. The molecule has 0 amide bonds. The van der Waals surface area contributed by atoms with E-state index in [1.165, 1.54) is 0 Å². The van der Waals surface area contributed by atoms with E-state index in [0.717, 1.165) is 0 Å². The van der Waals surface area contributed by atoms with Crippen LogP contribution in [0.4, 0.5) is 0 Å². The highest BCUT2D eigenvalue weighted by Gasteiger charge is 1.96. The Morgan fingerprint density at radius 2 is 1.25 bits per heavy atom. The molecule has 16 heavy (non-hydrogen) atoms. The summed E-state index contributed by atoms with van der Waals surface area (Å²) in [7, 11) is 0. The average Bonchev–Trinajstić information content (AvgIpc) is 2.24. The molecule has 0 atom stereocenters. The first-order valence-electron chi connectivity index (χ1n) is 4.97. The van der Waals surface area contributed by atoms with Crippen LogP contribution in [0, 0.1) is 23.7 Å². The van der Waals surface area contributed by atoms with Gasteiger partial charge in [0.25, 0.3) is 0 Å². The van der Waals surface area contributed by atoms with Crippen molar-refractivity contribution in [2.75, 3.05) is 13.2 Å². The van der Waals surface area contributed by atoms with Crippen LogP contribution in [0.1, 0.15) is 26.7 Å². The summed E-state index contributed by atoms with van der Waals surface area (Å²) in [5.41, 5.74) is 0. The van der Waals surface area contributed by atoms with Crippen molar-refractivity contribution in [3.05, 3.63) is 0 Å². The third-order valence-electron chi connectivity index (χ3n) is 1.32. The van der Waals surface area contributed by atoms with Crippen LogP contribution in [0.2, 0.25) is 0 Å². The minimum Gasteiger partial charge on any atom is -0.465 e. The van der Waals surface area contributed by atoms with Crippen LogP contribution in [0.15, 0.2) is 0 Å². The van der Waals surface area contributed by atoms with E-state index in [1.54, 1.807) is 13.8 Å². The molecule has 0 aromatic heterocycles. The molecule has 0 N–H and O–H groups in total. The van der Waals surface area contributed by atoms with Gasteiger partial charge in [-0.05, 0) is 25.7 Å². The molecule has 0 aliphatic rings. The first-order chi connectivity index (χ1) is 7.70. The number of ether oxygens (including phenoxy) is 2. The van der Waals surface area contributed by atoms with Gasteiger partial charge in [0.2, 0.25) is 0 Å². The van der Waals surface area contributed by atoms with Crippen LogP contribution in [0.5, 0.6) is 0 Å². The van der Waals surface area contributed by atoms with Gasteiger partial charge in [-0.15, -0.1) is 0 Å². The molecule has 0 aromatic rings. The highest BCUT2D eigenvalue weighted by atomic mass is 16.5. The zero-order chi connectivity index (χ0) is 12.2. The van der Waals surface area contributed by atoms with Crippen LogP contribution in [0.3, 0.4) is 0 Å². The van der Waals surface area contributed by atoms with Gasteiger partial charge in [-0.2, -0.15) is 0 Å². The lowest BCUT2D eigenvalue weighted by Crippen LogP contribution is -2.01. The third-order valence-corrected chi connectivity index (χ3v) is 1.32. The monoisotopic (exact) mass is 222 g/mol. The summed E-state index contributed by atoms with van der Waals surface area (Å²) in [6, 6.07) is 0. The molecule has 0 aromatic carbocycles. The van der Waals surface area contributed by atoms with E-state index in [9.17, 15) is 9.59 Å². The molecule has 0 bridgehead atoms. The van der Waals surface area contributed by atoms with E-state index in [4.69, 9.17) is 0 Å². The summed E-state index contributed by atoms with van der Waals surface area (Å²) in [6.45, 7) is 4.14. The molecule has 0 aliphatic heterocycles. The maximum atomic E-state index is 10.8. The maximum absolute atomic E-state index is 10.8. The molecule has 0 unspecified atom stereocenters. The molecule has 0 saturated carbocycles. The summed E-state index contributed by atoms with van der Waals surface area (Å²) in [5, 5.41) is 0. The largest absolute Gasteiger partial charge is 0.465 e. The van der Waals surface area contributed by atoms with Gasteiger partial charge in [0.05, 0.1) is 13.2 Å². The van der Waals surface area contributed by atoms with Gasteiger partial charge in [0, 0.05) is 0 Å². The van der Waals surface area contributed by atoms with Crippen molar-refractivity contribution in [2.45, 2.75) is 26.7 Å². The summed E-state index contributed by atoms with van der Waals surface area (Å²) in [5.74, 6) is 9.21. The second-order valence-corrected chi connectivity index (χ2v) is 2.57. The Balaban J connectivity index is 3.79. The van der Waals surface area contributed by atoms with Gasteiger partial charge < -0.3 is 9.47 Å². The van der Waals surface area contributed by atoms with Crippen LogP contribution < -0.4 is 0 Å². The van der Waals surface area contributed by atoms with Crippen molar-refractivity contribution >= 4 is 11.9 Å². The standard InChI is InChI=1S/C12H14O4/c1-3-15-11(13)9-7-5-6-8-10-12(14)16-4-2/h3-4,9-10H2,1-2H3. The first kappa shape index (κ1) is 14.1. The van der Waals surface area contributed by atoms with Crippen molar-refractivity contribution in [2.24, 2.45) is 0 Å². The summed E-state index contributed by atoms with van der Waals surface area (Å²) >= 11 is 0. The molecule has 86 valence electrons. The number of carbonyl (C=O) groups excluding carboxylic acids is 2. The minimum atomic E-state index is -0.373. The molecule has 0 rings (SSSR count). The number of carbonyl (C=O) groups is 2. The predicted octanol–water partition coefficient (Wildman–Crippen LogP) is 0.900. The van der Waals surface area contributed by atoms with Crippen LogP contribution >= 0.6 is 0 Å². The van der Waals surface area contributed by atoms with Crippen molar-refractivity contribution in [3.8, 4) is 23.7 Å². The van der Waals surface area contributed by atoms with Gasteiger partial charge in [0.1, 0.15) is 12.8 Å². The fourth-order valence-electron chi connectivity index (χ4n) is 0.745. The number of rotatable bonds is 4. The number of hydrogen-bond acceptors (Lipinski definition) is 4. The fourth-order valence-corrected chi connectivity index (χ4v) is 0.745. The lowest BCUT2D eigenvalue weighted by atomic mass is 10.4. The smallest absolute Gasteiger partial charge is 0.317 e. The Morgan fingerprint density at radius 1 is 0.875 bits per heavy atom. The van der Waals surface area contributed by atoms with Gasteiger partial charge in [0.15, 0.2) is 0 Å². The third kappa shape index (κ3) is 8.65. The predicted molar refractivity (Wildman–Crippen MR) is 58.1 cm³/mol. The van der Waals surface area contributed by atoms with E-state index in [0.29, 0.717) is 13.2 Å². The van der Waals surface area contributed by atoms with Crippen molar-refractivity contribution in [1.82, 2.24) is 0 Å². The van der Waals surface area contributed by atoms with Gasteiger partial charge in [-0.3, -0.25) is 9.59 Å².